The highest BCUT2D eigenvalue weighted by molar-refractivity contribution is 5.74. The molecule has 0 bridgehead atoms. The maximum absolute atomic E-state index is 14.6. The molecule has 17 heavy (non-hydrogen) atoms. The molecule has 1 aromatic carbocycles. The Hall–Kier alpha value is -1.38. The fourth-order valence-electron chi connectivity index (χ4n) is 2.79. The number of para-hydroxylation sites is 2. The first kappa shape index (κ1) is 10.8. The largest absolute Gasteiger partial charge is 0.327 e. The molecule has 90 valence electrons. The molecule has 0 radical (unpaired) electrons. The first-order valence-electron chi connectivity index (χ1n) is 6.36. The number of imidazole rings is 1. The summed E-state index contributed by atoms with van der Waals surface area (Å²) in [6.45, 7) is 0.452. The van der Waals surface area contributed by atoms with Gasteiger partial charge in [-0.3, -0.25) is 0 Å². The second-order valence-corrected chi connectivity index (χ2v) is 5.07. The zero-order valence-electron chi connectivity index (χ0n) is 9.90. The van der Waals surface area contributed by atoms with Gasteiger partial charge in [-0.2, -0.15) is 0 Å². The van der Waals surface area contributed by atoms with Crippen LogP contribution in [0, 0.1) is 0 Å². The van der Waals surface area contributed by atoms with Crippen LogP contribution in [0.3, 0.4) is 0 Å². The smallest absolute Gasteiger partial charge is 0.128 e. The molecular formula is C14H17FN2. The second kappa shape index (κ2) is 4.13. The quantitative estimate of drug-likeness (QED) is 0.771. The van der Waals surface area contributed by atoms with Crippen LogP contribution in [0.15, 0.2) is 30.6 Å². The van der Waals surface area contributed by atoms with Crippen molar-refractivity contribution < 1.29 is 4.39 Å². The molecule has 0 amide bonds. The standard InChI is InChI=1S/C14H17FN2/c15-14(8-4-1-5-9-14)10-17-11-16-12-6-2-3-7-13(12)17/h2-3,6-7,11H,1,4-5,8-10H2. The molecule has 0 saturated heterocycles. The van der Waals surface area contributed by atoms with E-state index in [0.29, 0.717) is 19.4 Å². The topological polar surface area (TPSA) is 17.8 Å². The molecule has 1 aliphatic rings. The predicted octanol–water partition coefficient (Wildman–Crippen LogP) is 3.71. The highest BCUT2D eigenvalue weighted by atomic mass is 19.1. The zero-order valence-corrected chi connectivity index (χ0v) is 9.90. The number of fused-ring (bicyclic) bond motifs is 1. The normalized spacial score (nSPS) is 19.6. The van der Waals surface area contributed by atoms with Crippen LogP contribution in [0.2, 0.25) is 0 Å². The summed E-state index contributed by atoms with van der Waals surface area (Å²) < 4.78 is 16.6. The van der Waals surface area contributed by atoms with E-state index >= 15 is 0 Å². The minimum absolute atomic E-state index is 0.452. The Morgan fingerprint density at radius 3 is 2.76 bits per heavy atom. The average molecular weight is 232 g/mol. The molecule has 0 N–H and O–H groups in total. The Labute approximate surface area is 100 Å². The van der Waals surface area contributed by atoms with Crippen LogP contribution in [-0.2, 0) is 6.54 Å². The molecule has 1 heterocycles. The summed E-state index contributed by atoms with van der Waals surface area (Å²) in [4.78, 5) is 4.31. The number of benzene rings is 1. The molecule has 2 nitrogen and oxygen atoms in total. The van der Waals surface area contributed by atoms with Crippen molar-refractivity contribution in [3.05, 3.63) is 30.6 Å². The first-order chi connectivity index (χ1) is 8.27. The van der Waals surface area contributed by atoms with Gasteiger partial charge in [0, 0.05) is 0 Å². The zero-order chi connectivity index (χ0) is 11.7. The number of nitrogens with zero attached hydrogens (tertiary/aromatic N) is 2. The van der Waals surface area contributed by atoms with Crippen LogP contribution < -0.4 is 0 Å². The predicted molar refractivity (Wildman–Crippen MR) is 66.7 cm³/mol. The van der Waals surface area contributed by atoms with Crippen molar-refractivity contribution in [2.45, 2.75) is 44.3 Å². The maximum atomic E-state index is 14.6. The van der Waals surface area contributed by atoms with E-state index in [2.05, 4.69) is 4.98 Å². The number of halogens is 1. The Kier molecular flexibility index (Phi) is 2.61. The number of aromatic nitrogens is 2. The molecule has 0 spiro atoms. The molecule has 1 aromatic heterocycles. The van der Waals surface area contributed by atoms with Gasteiger partial charge in [-0.15, -0.1) is 0 Å². The van der Waals surface area contributed by atoms with E-state index in [1.807, 2.05) is 28.8 Å². The van der Waals surface area contributed by atoms with E-state index < -0.39 is 5.67 Å². The third-order valence-corrected chi connectivity index (χ3v) is 3.73. The average Bonchev–Trinajstić information content (AvgIpc) is 2.73. The second-order valence-electron chi connectivity index (χ2n) is 5.07. The van der Waals surface area contributed by atoms with Crippen molar-refractivity contribution in [3.63, 3.8) is 0 Å². The number of alkyl halides is 1. The summed E-state index contributed by atoms with van der Waals surface area (Å²) in [7, 11) is 0. The fourth-order valence-corrected chi connectivity index (χ4v) is 2.79. The van der Waals surface area contributed by atoms with Gasteiger partial charge in [-0.05, 0) is 25.0 Å². The van der Waals surface area contributed by atoms with Crippen molar-refractivity contribution in [3.8, 4) is 0 Å². The Morgan fingerprint density at radius 1 is 1.18 bits per heavy atom. The lowest BCUT2D eigenvalue weighted by Gasteiger charge is -2.29. The van der Waals surface area contributed by atoms with Crippen LogP contribution in [0.4, 0.5) is 4.39 Å². The van der Waals surface area contributed by atoms with E-state index in [-0.39, 0.29) is 0 Å². The number of hydrogen-bond donors (Lipinski definition) is 0. The Bertz CT molecular complexity index is 512. The lowest BCUT2D eigenvalue weighted by atomic mass is 9.86. The van der Waals surface area contributed by atoms with Crippen molar-refractivity contribution in [1.29, 1.82) is 0 Å². The molecule has 3 heteroatoms. The third kappa shape index (κ3) is 2.06. The lowest BCUT2D eigenvalue weighted by molar-refractivity contribution is 0.0871. The monoisotopic (exact) mass is 232 g/mol. The Morgan fingerprint density at radius 2 is 1.94 bits per heavy atom. The minimum Gasteiger partial charge on any atom is -0.327 e. The summed E-state index contributed by atoms with van der Waals surface area (Å²) in [5, 5.41) is 0. The van der Waals surface area contributed by atoms with Gasteiger partial charge < -0.3 is 4.57 Å². The number of rotatable bonds is 2. The van der Waals surface area contributed by atoms with Crippen molar-refractivity contribution in [1.82, 2.24) is 9.55 Å². The molecule has 1 saturated carbocycles. The van der Waals surface area contributed by atoms with E-state index in [9.17, 15) is 4.39 Å². The SMILES string of the molecule is FC1(Cn2cnc3ccccc32)CCCCC1. The first-order valence-corrected chi connectivity index (χ1v) is 6.36. The van der Waals surface area contributed by atoms with Gasteiger partial charge in [0.15, 0.2) is 0 Å². The highest BCUT2D eigenvalue weighted by Crippen LogP contribution is 2.33. The van der Waals surface area contributed by atoms with Gasteiger partial charge in [0.1, 0.15) is 5.67 Å². The van der Waals surface area contributed by atoms with Crippen LogP contribution in [0.1, 0.15) is 32.1 Å². The summed E-state index contributed by atoms with van der Waals surface area (Å²) in [5.74, 6) is 0. The van der Waals surface area contributed by atoms with Crippen LogP contribution in [0.25, 0.3) is 11.0 Å². The Balaban J connectivity index is 1.89. The van der Waals surface area contributed by atoms with Crippen LogP contribution in [0.5, 0.6) is 0 Å². The summed E-state index contributed by atoms with van der Waals surface area (Å²) in [5.41, 5.74) is 0.962. The van der Waals surface area contributed by atoms with Gasteiger partial charge in [0.2, 0.25) is 0 Å². The molecule has 2 aromatic rings. The summed E-state index contributed by atoms with van der Waals surface area (Å²) >= 11 is 0. The molecule has 0 atom stereocenters. The van der Waals surface area contributed by atoms with Gasteiger partial charge in [-0.25, -0.2) is 9.37 Å². The number of hydrogen-bond acceptors (Lipinski definition) is 1. The van der Waals surface area contributed by atoms with Crippen LogP contribution >= 0.6 is 0 Å². The van der Waals surface area contributed by atoms with Crippen molar-refractivity contribution >= 4 is 11.0 Å². The van der Waals surface area contributed by atoms with Gasteiger partial charge in [0.05, 0.1) is 23.9 Å². The third-order valence-electron chi connectivity index (χ3n) is 3.73. The van der Waals surface area contributed by atoms with E-state index in [4.69, 9.17) is 0 Å². The molecule has 0 aliphatic heterocycles. The van der Waals surface area contributed by atoms with Crippen LogP contribution in [-0.4, -0.2) is 15.2 Å². The molecular weight excluding hydrogens is 215 g/mol. The van der Waals surface area contributed by atoms with Gasteiger partial charge >= 0.3 is 0 Å². The van der Waals surface area contributed by atoms with E-state index in [1.54, 1.807) is 6.33 Å². The fraction of sp³-hybridized carbons (Fsp3) is 0.500. The summed E-state index contributed by atoms with van der Waals surface area (Å²) in [6, 6.07) is 7.92. The lowest BCUT2D eigenvalue weighted by Crippen LogP contribution is -2.31. The minimum atomic E-state index is -1.03. The van der Waals surface area contributed by atoms with E-state index in [1.165, 1.54) is 6.42 Å². The maximum Gasteiger partial charge on any atom is 0.128 e. The molecule has 1 aliphatic carbocycles. The molecule has 0 unspecified atom stereocenters. The van der Waals surface area contributed by atoms with Gasteiger partial charge in [0.25, 0.3) is 0 Å². The van der Waals surface area contributed by atoms with Gasteiger partial charge in [-0.1, -0.05) is 31.4 Å². The van der Waals surface area contributed by atoms with E-state index in [0.717, 1.165) is 23.9 Å². The molecule has 3 rings (SSSR count). The van der Waals surface area contributed by atoms with Crippen molar-refractivity contribution in [2.75, 3.05) is 0 Å². The van der Waals surface area contributed by atoms with Crippen molar-refractivity contribution in [2.24, 2.45) is 0 Å². The highest BCUT2D eigenvalue weighted by Gasteiger charge is 2.32. The summed E-state index contributed by atoms with van der Waals surface area (Å²) in [6.07, 6.45) is 6.36. The molecule has 1 fully saturated rings.